The Bertz CT molecular complexity index is 984. The van der Waals surface area contributed by atoms with E-state index in [0.717, 1.165) is 17.1 Å². The van der Waals surface area contributed by atoms with E-state index in [1.165, 1.54) is 5.56 Å². The number of aliphatic hydroxyl groups is 1. The summed E-state index contributed by atoms with van der Waals surface area (Å²) in [4.78, 5) is 2.22. The Hall–Kier alpha value is -3.10. The molecule has 0 fully saturated rings. The maximum atomic E-state index is 10.7. The summed E-state index contributed by atoms with van der Waals surface area (Å²) in [6, 6.07) is 19.5. The summed E-state index contributed by atoms with van der Waals surface area (Å²) in [6.45, 7) is 4.20. The number of para-hydroxylation sites is 2. The van der Waals surface area contributed by atoms with Gasteiger partial charge in [-0.3, -0.25) is 0 Å². The zero-order valence-electron chi connectivity index (χ0n) is 15.5. The number of allylic oxidation sites excluding steroid dienone is 2. The average Bonchev–Trinajstić information content (AvgIpc) is 2.84. The van der Waals surface area contributed by atoms with Gasteiger partial charge in [0, 0.05) is 35.6 Å². The van der Waals surface area contributed by atoms with Gasteiger partial charge in [-0.05, 0) is 23.8 Å². The number of hydrogen-bond acceptors (Lipinski definition) is 4. The van der Waals surface area contributed by atoms with Gasteiger partial charge in [-0.1, -0.05) is 62.5 Å². The molecule has 0 amide bonds. The largest absolute Gasteiger partial charge is 0.506 e. The molecule has 2 N–H and O–H groups in total. The number of anilines is 2. The van der Waals surface area contributed by atoms with E-state index in [9.17, 15) is 10.4 Å². The normalized spacial score (nSPS) is 17.1. The minimum absolute atomic E-state index is 0.0431. The van der Waals surface area contributed by atoms with Crippen molar-refractivity contribution in [3.8, 4) is 6.07 Å². The van der Waals surface area contributed by atoms with E-state index in [1.54, 1.807) is 6.08 Å². The first-order valence-electron chi connectivity index (χ1n) is 8.61. The van der Waals surface area contributed by atoms with Crippen LogP contribution in [0.3, 0.4) is 0 Å². The number of nitriles is 1. The molecule has 0 spiro atoms. The van der Waals surface area contributed by atoms with Crippen LogP contribution < -0.4 is 10.2 Å². The zero-order valence-corrected chi connectivity index (χ0v) is 16.3. The Morgan fingerprint density at radius 3 is 2.41 bits per heavy atom. The van der Waals surface area contributed by atoms with Crippen molar-refractivity contribution in [1.82, 2.24) is 0 Å². The lowest BCUT2D eigenvalue weighted by Crippen LogP contribution is -2.23. The number of fused-ring (bicyclic) bond motifs is 1. The Morgan fingerprint density at radius 2 is 1.78 bits per heavy atom. The standard InChI is InChI=1S/C22H21N3OS/c1-22(2)17-11-7-8-12-18(17)25(3)20(22)13-19(26)16(14-23)21(27)24-15-9-5-4-6-10-15/h4-13,26H,1-3H3,(H,24,27)/b19-16-,20-13+. The number of aliphatic hydroxyl groups excluding tert-OH is 1. The summed E-state index contributed by atoms with van der Waals surface area (Å²) in [5, 5.41) is 23.2. The molecule has 0 unspecified atom stereocenters. The molecule has 4 nitrogen and oxygen atoms in total. The predicted molar refractivity (Wildman–Crippen MR) is 114 cm³/mol. The highest BCUT2D eigenvalue weighted by Gasteiger charge is 2.38. The maximum Gasteiger partial charge on any atom is 0.138 e. The third-order valence-corrected chi connectivity index (χ3v) is 5.15. The fourth-order valence-electron chi connectivity index (χ4n) is 3.40. The highest BCUT2D eigenvalue weighted by atomic mass is 32.1. The van der Waals surface area contributed by atoms with Crippen molar-refractivity contribution < 1.29 is 5.11 Å². The number of nitrogens with one attached hydrogen (secondary N) is 1. The average molecular weight is 375 g/mol. The van der Waals surface area contributed by atoms with Crippen LogP contribution in [0.2, 0.25) is 0 Å². The molecule has 0 aliphatic carbocycles. The summed E-state index contributed by atoms with van der Waals surface area (Å²) in [5.74, 6) is -0.145. The van der Waals surface area contributed by atoms with Crippen LogP contribution in [-0.4, -0.2) is 17.1 Å². The van der Waals surface area contributed by atoms with E-state index >= 15 is 0 Å². The predicted octanol–water partition coefficient (Wildman–Crippen LogP) is 5.07. The van der Waals surface area contributed by atoms with Gasteiger partial charge in [-0.2, -0.15) is 5.26 Å². The van der Waals surface area contributed by atoms with E-state index in [4.69, 9.17) is 12.2 Å². The monoisotopic (exact) mass is 375 g/mol. The molecule has 2 aromatic carbocycles. The first kappa shape index (κ1) is 18.7. The maximum absolute atomic E-state index is 10.7. The molecule has 5 heteroatoms. The second-order valence-corrected chi connectivity index (χ2v) is 7.33. The topological polar surface area (TPSA) is 59.3 Å². The first-order chi connectivity index (χ1) is 12.9. The van der Waals surface area contributed by atoms with E-state index in [1.807, 2.05) is 66.5 Å². The molecule has 27 heavy (non-hydrogen) atoms. The highest BCUT2D eigenvalue weighted by molar-refractivity contribution is 7.81. The number of likely N-dealkylation sites (N-methyl/N-ethyl adjacent to an activating group) is 1. The zero-order chi connectivity index (χ0) is 19.6. The van der Waals surface area contributed by atoms with Crippen LogP contribution in [0.25, 0.3) is 0 Å². The minimum Gasteiger partial charge on any atom is -0.506 e. The van der Waals surface area contributed by atoms with Gasteiger partial charge >= 0.3 is 0 Å². The summed E-state index contributed by atoms with van der Waals surface area (Å²) in [5.41, 5.74) is 3.67. The number of benzene rings is 2. The molecule has 0 atom stereocenters. The number of thiocarbonyl (C=S) groups is 1. The fraction of sp³-hybridized carbons (Fsp3) is 0.182. The molecule has 3 rings (SSSR count). The Kier molecular flexibility index (Phi) is 5.02. The molecular weight excluding hydrogens is 354 g/mol. The lowest BCUT2D eigenvalue weighted by atomic mass is 9.83. The van der Waals surface area contributed by atoms with Gasteiger partial charge in [0.05, 0.1) is 0 Å². The van der Waals surface area contributed by atoms with Gasteiger partial charge in [0.2, 0.25) is 0 Å². The van der Waals surface area contributed by atoms with Crippen LogP contribution in [0.15, 0.2) is 77.7 Å². The van der Waals surface area contributed by atoms with Crippen LogP contribution in [-0.2, 0) is 5.41 Å². The second kappa shape index (κ2) is 7.26. The molecule has 0 bridgehead atoms. The summed E-state index contributed by atoms with van der Waals surface area (Å²) in [6.07, 6.45) is 1.64. The molecule has 0 saturated heterocycles. The summed E-state index contributed by atoms with van der Waals surface area (Å²) < 4.78 is 0. The van der Waals surface area contributed by atoms with E-state index in [-0.39, 0.29) is 21.7 Å². The van der Waals surface area contributed by atoms with Crippen molar-refractivity contribution in [2.45, 2.75) is 19.3 Å². The van der Waals surface area contributed by atoms with Crippen molar-refractivity contribution in [2.75, 3.05) is 17.3 Å². The Morgan fingerprint density at radius 1 is 1.15 bits per heavy atom. The minimum atomic E-state index is -0.297. The van der Waals surface area contributed by atoms with Crippen molar-refractivity contribution in [3.63, 3.8) is 0 Å². The van der Waals surface area contributed by atoms with Gasteiger partial charge in [0.25, 0.3) is 0 Å². The molecule has 0 radical (unpaired) electrons. The Balaban J connectivity index is 1.97. The van der Waals surface area contributed by atoms with Crippen LogP contribution >= 0.6 is 12.2 Å². The summed E-state index contributed by atoms with van der Waals surface area (Å²) in [7, 11) is 1.96. The molecule has 136 valence electrons. The van der Waals surface area contributed by atoms with Crippen molar-refractivity contribution in [3.05, 3.63) is 83.3 Å². The van der Waals surface area contributed by atoms with Gasteiger partial charge in [-0.15, -0.1) is 0 Å². The van der Waals surface area contributed by atoms with E-state index in [0.29, 0.717) is 0 Å². The van der Waals surface area contributed by atoms with Gasteiger partial charge in [0.1, 0.15) is 22.4 Å². The molecule has 1 heterocycles. The van der Waals surface area contributed by atoms with Crippen LogP contribution in [0.4, 0.5) is 11.4 Å². The summed E-state index contributed by atoms with van der Waals surface area (Å²) >= 11 is 5.34. The van der Waals surface area contributed by atoms with Crippen LogP contribution in [0.1, 0.15) is 19.4 Å². The van der Waals surface area contributed by atoms with Crippen LogP contribution in [0.5, 0.6) is 0 Å². The molecule has 2 aromatic rings. The van der Waals surface area contributed by atoms with E-state index < -0.39 is 0 Å². The first-order valence-corrected chi connectivity index (χ1v) is 9.02. The highest BCUT2D eigenvalue weighted by Crippen LogP contribution is 2.46. The SMILES string of the molecule is CN1/C(=C/C(O)=C(\C#N)C(=S)Nc2ccccc2)C(C)(C)c2ccccc21. The van der Waals surface area contributed by atoms with Gasteiger partial charge in [-0.25, -0.2) is 0 Å². The molecule has 0 aromatic heterocycles. The lowest BCUT2D eigenvalue weighted by Gasteiger charge is -2.24. The lowest BCUT2D eigenvalue weighted by molar-refractivity contribution is 0.427. The Labute approximate surface area is 165 Å². The van der Waals surface area contributed by atoms with Crippen molar-refractivity contribution >= 4 is 28.6 Å². The number of rotatable bonds is 3. The number of nitrogens with zero attached hydrogens (tertiary/aromatic N) is 2. The second-order valence-electron chi connectivity index (χ2n) is 6.92. The smallest absolute Gasteiger partial charge is 0.138 e. The molecule has 1 aliphatic heterocycles. The van der Waals surface area contributed by atoms with E-state index in [2.05, 4.69) is 25.2 Å². The van der Waals surface area contributed by atoms with Crippen molar-refractivity contribution in [2.24, 2.45) is 0 Å². The molecule has 1 aliphatic rings. The van der Waals surface area contributed by atoms with Crippen LogP contribution in [0, 0.1) is 11.3 Å². The number of hydrogen-bond donors (Lipinski definition) is 2. The van der Waals surface area contributed by atoms with Gasteiger partial charge in [0.15, 0.2) is 0 Å². The van der Waals surface area contributed by atoms with Crippen molar-refractivity contribution in [1.29, 1.82) is 5.26 Å². The third-order valence-electron chi connectivity index (χ3n) is 4.84. The third kappa shape index (κ3) is 3.44. The quantitative estimate of drug-likeness (QED) is 0.339. The van der Waals surface area contributed by atoms with Gasteiger partial charge < -0.3 is 15.3 Å². The molecule has 0 saturated carbocycles. The molecular formula is C22H21N3OS. The fourth-order valence-corrected chi connectivity index (χ4v) is 3.67.